The van der Waals surface area contributed by atoms with Crippen LogP contribution in [-0.2, 0) is 11.3 Å². The Morgan fingerprint density at radius 3 is 2.71 bits per heavy atom. The van der Waals surface area contributed by atoms with Crippen molar-refractivity contribution in [2.75, 3.05) is 20.2 Å². The zero-order valence-corrected chi connectivity index (χ0v) is 15.8. The Morgan fingerprint density at radius 1 is 1.29 bits per heavy atom. The number of carbonyl (C=O) groups excluding carboxylic acids is 1. The number of amides is 2. The maximum absolute atomic E-state index is 12.3. The van der Waals surface area contributed by atoms with Crippen LogP contribution in [0.15, 0.2) is 42.6 Å². The van der Waals surface area contributed by atoms with Gasteiger partial charge in [-0.2, -0.15) is 0 Å². The third kappa shape index (κ3) is 4.51. The van der Waals surface area contributed by atoms with Crippen molar-refractivity contribution in [3.63, 3.8) is 0 Å². The van der Waals surface area contributed by atoms with Crippen LogP contribution in [0, 0.1) is 5.41 Å². The standard InChI is InChI=1S/C20H23N3O5/c1-20(18(24)25)8-9-23(13-20)19(26)22-12-14-6-7-17(21-11-14)28-16-5-3-4-15(10-16)27-2/h3-7,10-11H,8-9,12-13H2,1-2H3,(H,22,26)(H,24,25). The molecule has 1 aromatic heterocycles. The van der Waals surface area contributed by atoms with E-state index in [1.165, 1.54) is 4.90 Å². The molecule has 2 amide bonds. The summed E-state index contributed by atoms with van der Waals surface area (Å²) in [5.74, 6) is 0.861. The van der Waals surface area contributed by atoms with Gasteiger partial charge in [0.2, 0.25) is 5.88 Å². The molecular formula is C20H23N3O5. The Bertz CT molecular complexity index is 855. The Balaban J connectivity index is 1.52. The maximum Gasteiger partial charge on any atom is 0.317 e. The fourth-order valence-corrected chi connectivity index (χ4v) is 2.96. The molecular weight excluding hydrogens is 362 g/mol. The SMILES string of the molecule is COc1cccc(Oc2ccc(CNC(=O)N3CCC(C)(C(=O)O)C3)cn2)c1. The monoisotopic (exact) mass is 385 g/mol. The van der Waals surface area contributed by atoms with E-state index in [9.17, 15) is 14.7 Å². The first kappa shape index (κ1) is 19.5. The number of benzene rings is 1. The molecule has 8 nitrogen and oxygen atoms in total. The van der Waals surface area contributed by atoms with Crippen molar-refractivity contribution in [1.82, 2.24) is 15.2 Å². The van der Waals surface area contributed by atoms with Crippen LogP contribution < -0.4 is 14.8 Å². The summed E-state index contributed by atoms with van der Waals surface area (Å²) in [4.78, 5) is 29.3. The summed E-state index contributed by atoms with van der Waals surface area (Å²) in [7, 11) is 1.59. The summed E-state index contributed by atoms with van der Waals surface area (Å²) in [5, 5.41) is 12.1. The smallest absolute Gasteiger partial charge is 0.317 e. The van der Waals surface area contributed by atoms with Crippen LogP contribution in [0.1, 0.15) is 18.9 Å². The van der Waals surface area contributed by atoms with Crippen molar-refractivity contribution in [2.45, 2.75) is 19.9 Å². The molecule has 2 heterocycles. The Kier molecular flexibility index (Phi) is 5.67. The second kappa shape index (κ2) is 8.16. The number of nitrogens with zero attached hydrogens (tertiary/aromatic N) is 2. The number of hydrogen-bond donors (Lipinski definition) is 2. The third-order valence-corrected chi connectivity index (χ3v) is 4.78. The molecule has 1 fully saturated rings. The van der Waals surface area contributed by atoms with Crippen LogP contribution in [0.3, 0.4) is 0 Å². The van der Waals surface area contributed by atoms with Gasteiger partial charge in [0.25, 0.3) is 0 Å². The van der Waals surface area contributed by atoms with Crippen molar-refractivity contribution < 1.29 is 24.2 Å². The lowest BCUT2D eigenvalue weighted by molar-refractivity contribution is -0.147. The van der Waals surface area contributed by atoms with Crippen LogP contribution in [0.25, 0.3) is 0 Å². The van der Waals surface area contributed by atoms with E-state index in [1.807, 2.05) is 18.2 Å². The second-order valence-corrected chi connectivity index (χ2v) is 6.98. The lowest BCUT2D eigenvalue weighted by Gasteiger charge is -2.20. The summed E-state index contributed by atoms with van der Waals surface area (Å²) < 4.78 is 10.8. The van der Waals surface area contributed by atoms with Gasteiger partial charge in [0.15, 0.2) is 0 Å². The van der Waals surface area contributed by atoms with Crippen molar-refractivity contribution >= 4 is 12.0 Å². The molecule has 2 aromatic rings. The van der Waals surface area contributed by atoms with Gasteiger partial charge in [-0.3, -0.25) is 4.79 Å². The van der Waals surface area contributed by atoms with Gasteiger partial charge in [0.05, 0.1) is 12.5 Å². The first-order valence-corrected chi connectivity index (χ1v) is 8.93. The first-order valence-electron chi connectivity index (χ1n) is 8.93. The molecule has 0 spiro atoms. The number of carbonyl (C=O) groups is 2. The van der Waals surface area contributed by atoms with E-state index >= 15 is 0 Å². The highest BCUT2D eigenvalue weighted by Gasteiger charge is 2.42. The molecule has 0 bridgehead atoms. The fraction of sp³-hybridized carbons (Fsp3) is 0.350. The normalized spacial score (nSPS) is 18.6. The lowest BCUT2D eigenvalue weighted by Crippen LogP contribution is -2.40. The van der Waals surface area contributed by atoms with E-state index in [-0.39, 0.29) is 12.6 Å². The van der Waals surface area contributed by atoms with E-state index in [0.29, 0.717) is 36.9 Å². The zero-order valence-electron chi connectivity index (χ0n) is 15.8. The molecule has 1 aromatic carbocycles. The summed E-state index contributed by atoms with van der Waals surface area (Å²) in [5.41, 5.74) is -0.0654. The highest BCUT2D eigenvalue weighted by molar-refractivity contribution is 5.79. The average molecular weight is 385 g/mol. The van der Waals surface area contributed by atoms with Gasteiger partial charge in [-0.05, 0) is 31.0 Å². The van der Waals surface area contributed by atoms with Gasteiger partial charge in [-0.1, -0.05) is 12.1 Å². The highest BCUT2D eigenvalue weighted by Crippen LogP contribution is 2.30. The maximum atomic E-state index is 12.3. The Morgan fingerprint density at radius 2 is 2.07 bits per heavy atom. The first-order chi connectivity index (χ1) is 13.4. The molecule has 8 heteroatoms. The van der Waals surface area contributed by atoms with Crippen LogP contribution in [-0.4, -0.2) is 47.2 Å². The molecule has 0 aliphatic carbocycles. The number of nitrogens with one attached hydrogen (secondary N) is 1. The molecule has 0 radical (unpaired) electrons. The van der Waals surface area contributed by atoms with Gasteiger partial charge in [-0.15, -0.1) is 0 Å². The van der Waals surface area contributed by atoms with Crippen molar-refractivity contribution in [2.24, 2.45) is 5.41 Å². The molecule has 2 N–H and O–H groups in total. The van der Waals surface area contributed by atoms with E-state index in [0.717, 1.165) is 5.56 Å². The number of methoxy groups -OCH3 is 1. The van der Waals surface area contributed by atoms with Crippen LogP contribution in [0.2, 0.25) is 0 Å². The highest BCUT2D eigenvalue weighted by atomic mass is 16.5. The lowest BCUT2D eigenvalue weighted by atomic mass is 9.90. The summed E-state index contributed by atoms with van der Waals surface area (Å²) in [6.45, 7) is 2.60. The summed E-state index contributed by atoms with van der Waals surface area (Å²) >= 11 is 0. The summed E-state index contributed by atoms with van der Waals surface area (Å²) in [6.07, 6.45) is 2.08. The number of pyridine rings is 1. The van der Waals surface area contributed by atoms with Crippen LogP contribution in [0.5, 0.6) is 17.4 Å². The Labute approximate surface area is 163 Å². The van der Waals surface area contributed by atoms with E-state index < -0.39 is 11.4 Å². The number of rotatable bonds is 6. The molecule has 1 saturated heterocycles. The number of likely N-dealkylation sites (tertiary alicyclic amines) is 1. The molecule has 1 atom stereocenters. The van der Waals surface area contributed by atoms with E-state index in [2.05, 4.69) is 10.3 Å². The van der Waals surface area contributed by atoms with Crippen LogP contribution in [0.4, 0.5) is 4.79 Å². The Hall–Kier alpha value is -3.29. The van der Waals surface area contributed by atoms with Gasteiger partial charge in [0.1, 0.15) is 11.5 Å². The number of carboxylic acid groups (broad SMARTS) is 1. The van der Waals surface area contributed by atoms with Crippen LogP contribution >= 0.6 is 0 Å². The number of ether oxygens (including phenoxy) is 2. The molecule has 1 aliphatic heterocycles. The van der Waals surface area contributed by atoms with Crippen molar-refractivity contribution in [1.29, 1.82) is 0 Å². The van der Waals surface area contributed by atoms with Crippen molar-refractivity contribution in [3.05, 3.63) is 48.2 Å². The quantitative estimate of drug-likeness (QED) is 0.793. The minimum atomic E-state index is -0.877. The topological polar surface area (TPSA) is 101 Å². The predicted molar refractivity (Wildman–Crippen MR) is 101 cm³/mol. The fourth-order valence-electron chi connectivity index (χ4n) is 2.96. The molecule has 28 heavy (non-hydrogen) atoms. The number of urea groups is 1. The van der Waals surface area contributed by atoms with E-state index in [1.54, 1.807) is 38.4 Å². The summed E-state index contributed by atoms with van der Waals surface area (Å²) in [6, 6.07) is 10.5. The molecule has 3 rings (SSSR count). The molecule has 0 saturated carbocycles. The van der Waals surface area contributed by atoms with Gasteiger partial charge in [0, 0.05) is 38.0 Å². The van der Waals surface area contributed by atoms with Gasteiger partial charge >= 0.3 is 12.0 Å². The average Bonchev–Trinajstić information content (AvgIpc) is 3.11. The number of aliphatic carboxylic acids is 1. The largest absolute Gasteiger partial charge is 0.497 e. The number of hydrogen-bond acceptors (Lipinski definition) is 5. The minimum Gasteiger partial charge on any atom is -0.497 e. The molecule has 1 unspecified atom stereocenters. The number of aromatic nitrogens is 1. The zero-order chi connectivity index (χ0) is 20.1. The van der Waals surface area contributed by atoms with E-state index in [4.69, 9.17) is 9.47 Å². The predicted octanol–water partition coefficient (Wildman–Crippen LogP) is 2.89. The molecule has 148 valence electrons. The third-order valence-electron chi connectivity index (χ3n) is 4.78. The van der Waals surface area contributed by atoms with Gasteiger partial charge in [-0.25, -0.2) is 9.78 Å². The minimum absolute atomic E-state index is 0.208. The second-order valence-electron chi connectivity index (χ2n) is 6.98. The van der Waals surface area contributed by atoms with Crippen molar-refractivity contribution in [3.8, 4) is 17.4 Å². The molecule has 1 aliphatic rings. The van der Waals surface area contributed by atoms with Gasteiger partial charge < -0.3 is 24.8 Å². The number of carboxylic acids is 1.